The fourth-order valence-corrected chi connectivity index (χ4v) is 3.28. The quantitative estimate of drug-likeness (QED) is 0.570. The van der Waals surface area contributed by atoms with Crippen LogP contribution in [0.3, 0.4) is 0 Å². The summed E-state index contributed by atoms with van der Waals surface area (Å²) >= 11 is 6.14. The molecule has 31 heavy (non-hydrogen) atoms. The highest BCUT2D eigenvalue weighted by atomic mass is 35.5. The number of halogens is 1. The molecule has 156 valence electrons. The number of rotatable bonds is 7. The molecule has 0 spiro atoms. The maximum absolute atomic E-state index is 11.8. The molecule has 0 saturated carbocycles. The summed E-state index contributed by atoms with van der Waals surface area (Å²) in [6.45, 7) is 0.418. The van der Waals surface area contributed by atoms with Crippen molar-refractivity contribution < 1.29 is 28.8 Å². The Labute approximate surface area is 182 Å². The van der Waals surface area contributed by atoms with Gasteiger partial charge in [-0.3, -0.25) is 0 Å². The first-order chi connectivity index (χ1) is 15.0. The van der Waals surface area contributed by atoms with E-state index in [9.17, 15) is 15.2 Å². The SMILES string of the molecule is N#Cc1ccc(OCc2ccc3c(c2)OCO3)cc1O[C@@H](C(=O)O)c1ccccc1Cl. The molecule has 0 radical (unpaired) electrons. The average molecular weight is 438 g/mol. The van der Waals surface area contributed by atoms with Crippen molar-refractivity contribution in [1.29, 1.82) is 5.26 Å². The molecule has 0 bridgehead atoms. The summed E-state index contributed by atoms with van der Waals surface area (Å²) < 4.78 is 22.1. The summed E-state index contributed by atoms with van der Waals surface area (Å²) in [6, 6.07) is 18.6. The van der Waals surface area contributed by atoms with E-state index in [4.69, 9.17) is 30.5 Å². The predicted molar refractivity (Wildman–Crippen MR) is 111 cm³/mol. The van der Waals surface area contributed by atoms with Crippen molar-refractivity contribution in [3.05, 3.63) is 82.4 Å². The van der Waals surface area contributed by atoms with E-state index in [-0.39, 0.29) is 35.3 Å². The third-order valence-corrected chi connectivity index (χ3v) is 4.92. The van der Waals surface area contributed by atoms with Crippen LogP contribution < -0.4 is 18.9 Å². The van der Waals surface area contributed by atoms with E-state index in [0.29, 0.717) is 17.2 Å². The van der Waals surface area contributed by atoms with Crippen LogP contribution in [0.2, 0.25) is 5.02 Å². The maximum Gasteiger partial charge on any atom is 0.349 e. The first kappa shape index (κ1) is 20.4. The minimum atomic E-state index is -1.38. The Balaban J connectivity index is 1.55. The van der Waals surface area contributed by atoms with Crippen molar-refractivity contribution in [2.45, 2.75) is 12.7 Å². The number of hydrogen-bond donors (Lipinski definition) is 1. The number of aliphatic carboxylic acids is 1. The van der Waals surface area contributed by atoms with E-state index in [1.165, 1.54) is 12.1 Å². The number of carbonyl (C=O) groups is 1. The van der Waals surface area contributed by atoms with Crippen molar-refractivity contribution in [2.24, 2.45) is 0 Å². The zero-order valence-electron chi connectivity index (χ0n) is 16.1. The summed E-state index contributed by atoms with van der Waals surface area (Å²) in [4.78, 5) is 11.8. The van der Waals surface area contributed by atoms with Crippen LogP contribution in [0.4, 0.5) is 0 Å². The third kappa shape index (κ3) is 4.49. The van der Waals surface area contributed by atoms with Crippen LogP contribution in [0.1, 0.15) is 22.8 Å². The van der Waals surface area contributed by atoms with Crippen molar-refractivity contribution in [3.8, 4) is 29.1 Å². The molecule has 3 aromatic carbocycles. The summed E-state index contributed by atoms with van der Waals surface area (Å²) in [5.74, 6) is 0.586. The van der Waals surface area contributed by atoms with E-state index >= 15 is 0 Å². The van der Waals surface area contributed by atoms with Gasteiger partial charge in [-0.2, -0.15) is 5.26 Å². The fourth-order valence-electron chi connectivity index (χ4n) is 3.04. The molecule has 0 aromatic heterocycles. The summed E-state index contributed by atoms with van der Waals surface area (Å²) in [7, 11) is 0. The number of hydrogen-bond acceptors (Lipinski definition) is 6. The zero-order chi connectivity index (χ0) is 21.8. The second-order valence-corrected chi connectivity index (χ2v) is 7.01. The largest absolute Gasteiger partial charge is 0.489 e. The Morgan fingerprint density at radius 2 is 1.94 bits per heavy atom. The summed E-state index contributed by atoms with van der Waals surface area (Å²) in [5.41, 5.74) is 1.32. The van der Waals surface area contributed by atoms with E-state index in [1.54, 1.807) is 36.4 Å². The molecule has 0 fully saturated rings. The molecule has 3 aromatic rings. The second kappa shape index (κ2) is 8.86. The van der Waals surface area contributed by atoms with Gasteiger partial charge in [0.25, 0.3) is 0 Å². The lowest BCUT2D eigenvalue weighted by Crippen LogP contribution is -2.19. The van der Waals surface area contributed by atoms with Gasteiger partial charge < -0.3 is 24.1 Å². The topological polar surface area (TPSA) is 98.0 Å². The van der Waals surface area contributed by atoms with Crippen molar-refractivity contribution in [1.82, 2.24) is 0 Å². The van der Waals surface area contributed by atoms with Gasteiger partial charge in [0.2, 0.25) is 12.9 Å². The third-order valence-electron chi connectivity index (χ3n) is 4.57. The molecule has 8 heteroatoms. The molecule has 0 saturated heterocycles. The van der Waals surface area contributed by atoms with Gasteiger partial charge in [0.15, 0.2) is 11.5 Å². The maximum atomic E-state index is 11.8. The fraction of sp³-hybridized carbons (Fsp3) is 0.130. The van der Waals surface area contributed by atoms with Gasteiger partial charge in [-0.05, 0) is 35.9 Å². The Bertz CT molecular complexity index is 1170. The highest BCUT2D eigenvalue weighted by molar-refractivity contribution is 6.31. The van der Waals surface area contributed by atoms with Crippen LogP contribution >= 0.6 is 11.6 Å². The lowest BCUT2D eigenvalue weighted by atomic mass is 10.1. The number of carboxylic acid groups (broad SMARTS) is 1. The van der Waals surface area contributed by atoms with Crippen LogP contribution in [0.5, 0.6) is 23.0 Å². The van der Waals surface area contributed by atoms with Crippen LogP contribution in [0.25, 0.3) is 0 Å². The predicted octanol–water partition coefficient (Wildman–Crippen LogP) is 4.72. The number of carboxylic acids is 1. The van der Waals surface area contributed by atoms with Crippen molar-refractivity contribution in [3.63, 3.8) is 0 Å². The summed E-state index contributed by atoms with van der Waals surface area (Å²) in [6.07, 6.45) is -1.38. The van der Waals surface area contributed by atoms with Gasteiger partial charge in [0, 0.05) is 16.7 Å². The van der Waals surface area contributed by atoms with E-state index in [0.717, 1.165) is 5.56 Å². The van der Waals surface area contributed by atoms with Gasteiger partial charge in [-0.15, -0.1) is 0 Å². The van der Waals surface area contributed by atoms with E-state index in [1.807, 2.05) is 18.2 Å². The number of nitrogens with zero attached hydrogens (tertiary/aromatic N) is 1. The standard InChI is InChI=1S/C23H16ClNO6/c24-18-4-2-1-3-17(18)22(23(26)27)31-20-10-16(7-6-15(20)11-25)28-12-14-5-8-19-21(9-14)30-13-29-19/h1-10,22H,12-13H2,(H,26,27)/t22-/m1/s1. The molecule has 0 amide bonds. The number of ether oxygens (including phenoxy) is 4. The van der Waals surface area contributed by atoms with Crippen LogP contribution in [-0.2, 0) is 11.4 Å². The Kier molecular flexibility index (Phi) is 5.83. The minimum Gasteiger partial charge on any atom is -0.489 e. The molecule has 1 N–H and O–H groups in total. The van der Waals surface area contributed by atoms with E-state index in [2.05, 4.69) is 0 Å². The zero-order valence-corrected chi connectivity index (χ0v) is 16.8. The molecule has 1 aliphatic heterocycles. The molecule has 4 rings (SSSR count). The normalized spacial score (nSPS) is 12.6. The lowest BCUT2D eigenvalue weighted by molar-refractivity contribution is -0.145. The van der Waals surface area contributed by atoms with Crippen LogP contribution in [0.15, 0.2) is 60.7 Å². The molecule has 1 aliphatic rings. The minimum absolute atomic E-state index is 0.0815. The molecular formula is C23H16ClNO6. The molecular weight excluding hydrogens is 422 g/mol. The molecule has 0 unspecified atom stereocenters. The summed E-state index contributed by atoms with van der Waals surface area (Å²) in [5, 5.41) is 19.3. The van der Waals surface area contributed by atoms with E-state index < -0.39 is 12.1 Å². The van der Waals surface area contributed by atoms with Gasteiger partial charge in [0.1, 0.15) is 24.2 Å². The molecule has 1 atom stereocenters. The second-order valence-electron chi connectivity index (χ2n) is 6.60. The van der Waals surface area contributed by atoms with Gasteiger partial charge in [-0.25, -0.2) is 4.79 Å². The number of nitriles is 1. The number of benzene rings is 3. The van der Waals surface area contributed by atoms with Crippen molar-refractivity contribution >= 4 is 17.6 Å². The van der Waals surface area contributed by atoms with Crippen LogP contribution in [0, 0.1) is 11.3 Å². The highest BCUT2D eigenvalue weighted by Gasteiger charge is 2.25. The van der Waals surface area contributed by atoms with Crippen LogP contribution in [-0.4, -0.2) is 17.9 Å². The first-order valence-corrected chi connectivity index (χ1v) is 9.62. The Morgan fingerprint density at radius 1 is 1.13 bits per heavy atom. The van der Waals surface area contributed by atoms with Gasteiger partial charge in [0.05, 0.1) is 5.56 Å². The van der Waals surface area contributed by atoms with Gasteiger partial charge in [-0.1, -0.05) is 35.9 Å². The number of fused-ring (bicyclic) bond motifs is 1. The molecule has 7 nitrogen and oxygen atoms in total. The van der Waals surface area contributed by atoms with Crippen molar-refractivity contribution in [2.75, 3.05) is 6.79 Å². The highest BCUT2D eigenvalue weighted by Crippen LogP contribution is 2.34. The Hall–Kier alpha value is -3.89. The molecule has 1 heterocycles. The molecule has 0 aliphatic carbocycles. The van der Waals surface area contributed by atoms with Gasteiger partial charge >= 0.3 is 5.97 Å². The monoisotopic (exact) mass is 437 g/mol. The first-order valence-electron chi connectivity index (χ1n) is 9.24. The average Bonchev–Trinajstić information content (AvgIpc) is 3.24. The smallest absolute Gasteiger partial charge is 0.349 e. The Morgan fingerprint density at radius 3 is 2.71 bits per heavy atom. The lowest BCUT2D eigenvalue weighted by Gasteiger charge is -2.18.